The van der Waals surface area contributed by atoms with Crippen LogP contribution in [-0.2, 0) is 11.1 Å². The zero-order valence-electron chi connectivity index (χ0n) is 11.2. The van der Waals surface area contributed by atoms with Crippen molar-refractivity contribution in [2.45, 2.75) is 25.3 Å². The molecule has 22 heavy (non-hydrogen) atoms. The summed E-state index contributed by atoms with van der Waals surface area (Å²) >= 11 is 0. The van der Waals surface area contributed by atoms with E-state index < -0.39 is 31.7 Å². The molecule has 0 unspecified atom stereocenters. The Labute approximate surface area is 122 Å². The van der Waals surface area contributed by atoms with Crippen LogP contribution in [0.1, 0.15) is 12.8 Å². The van der Waals surface area contributed by atoms with Crippen molar-refractivity contribution in [2.75, 3.05) is 11.9 Å². The van der Waals surface area contributed by atoms with Gasteiger partial charge in [0.05, 0.1) is 6.33 Å². The Morgan fingerprint density at radius 1 is 1.45 bits per heavy atom. The summed E-state index contributed by atoms with van der Waals surface area (Å²) in [5.74, 6) is -3.59. The number of nitrogens with zero attached hydrogens (tertiary/aromatic N) is 3. The van der Waals surface area contributed by atoms with E-state index >= 15 is 0 Å². The third-order valence-corrected chi connectivity index (χ3v) is 3.75. The standard InChI is InChI=1S/C10H14F2N5O4P/c11-10(12,4-22(19,20)21)2-1-3-17-5-14-6-7(17)15-9(13)16-8(6)18/h5H,1-4H2,(H2,19,20,21)(H3,13,15,16,18). The molecule has 0 atom stereocenters. The van der Waals surface area contributed by atoms with Gasteiger partial charge in [0.2, 0.25) is 5.95 Å². The summed E-state index contributed by atoms with van der Waals surface area (Å²) in [5, 5.41) is 0. The van der Waals surface area contributed by atoms with E-state index in [0.717, 1.165) is 0 Å². The average Bonchev–Trinajstić information content (AvgIpc) is 2.69. The monoisotopic (exact) mass is 337 g/mol. The predicted molar refractivity (Wildman–Crippen MR) is 73.7 cm³/mol. The molecule has 5 N–H and O–H groups in total. The number of nitrogens with two attached hydrogens (primary N) is 1. The summed E-state index contributed by atoms with van der Waals surface area (Å²) in [5.41, 5.74) is 5.08. The van der Waals surface area contributed by atoms with E-state index in [1.54, 1.807) is 0 Å². The first-order valence-corrected chi connectivity index (χ1v) is 8.00. The van der Waals surface area contributed by atoms with Gasteiger partial charge in [0.25, 0.3) is 11.5 Å². The number of nitrogens with one attached hydrogen (secondary N) is 1. The van der Waals surface area contributed by atoms with Crippen LogP contribution in [0.25, 0.3) is 11.2 Å². The van der Waals surface area contributed by atoms with Crippen molar-refractivity contribution >= 4 is 24.7 Å². The van der Waals surface area contributed by atoms with E-state index in [1.165, 1.54) is 10.9 Å². The zero-order valence-corrected chi connectivity index (χ0v) is 12.1. The maximum absolute atomic E-state index is 13.4. The van der Waals surface area contributed by atoms with Gasteiger partial charge in [-0.15, -0.1) is 0 Å². The second-order valence-corrected chi connectivity index (χ2v) is 6.49. The number of aromatic nitrogens is 4. The van der Waals surface area contributed by atoms with E-state index in [2.05, 4.69) is 15.0 Å². The SMILES string of the molecule is Nc1nc2c(ncn2CCCC(F)(F)CP(=O)(O)O)c(=O)[nH]1. The highest BCUT2D eigenvalue weighted by Gasteiger charge is 2.36. The van der Waals surface area contributed by atoms with Crippen LogP contribution in [0.3, 0.4) is 0 Å². The predicted octanol–water partition coefficient (Wildman–Crippen LogP) is 0.295. The Kier molecular flexibility index (Phi) is 4.32. The molecule has 0 fully saturated rings. The molecule has 12 heteroatoms. The highest BCUT2D eigenvalue weighted by atomic mass is 31.2. The minimum Gasteiger partial charge on any atom is -0.369 e. The Balaban J connectivity index is 2.07. The lowest BCUT2D eigenvalue weighted by Gasteiger charge is -2.16. The molecule has 2 rings (SSSR count). The van der Waals surface area contributed by atoms with Crippen molar-refractivity contribution in [1.82, 2.24) is 19.5 Å². The van der Waals surface area contributed by atoms with Gasteiger partial charge in [-0.25, -0.2) is 13.8 Å². The molecular weight excluding hydrogens is 323 g/mol. The van der Waals surface area contributed by atoms with Crippen LogP contribution in [-0.4, -0.2) is 41.4 Å². The average molecular weight is 337 g/mol. The molecule has 0 saturated carbocycles. The first-order chi connectivity index (χ1) is 10.1. The number of H-pyrrole nitrogens is 1. The van der Waals surface area contributed by atoms with Gasteiger partial charge in [0.1, 0.15) is 6.16 Å². The second kappa shape index (κ2) is 5.75. The fourth-order valence-electron chi connectivity index (χ4n) is 2.02. The van der Waals surface area contributed by atoms with Crippen molar-refractivity contribution in [3.63, 3.8) is 0 Å². The molecule has 0 saturated heterocycles. The number of hydrogen-bond donors (Lipinski definition) is 4. The molecule has 0 radical (unpaired) electrons. The Morgan fingerprint density at radius 3 is 2.77 bits per heavy atom. The minimum atomic E-state index is -4.78. The summed E-state index contributed by atoms with van der Waals surface area (Å²) < 4.78 is 38.8. The number of halogens is 2. The van der Waals surface area contributed by atoms with Gasteiger partial charge in [0, 0.05) is 13.0 Å². The van der Waals surface area contributed by atoms with Crippen LogP contribution < -0.4 is 11.3 Å². The van der Waals surface area contributed by atoms with Crippen molar-refractivity contribution in [2.24, 2.45) is 0 Å². The number of fused-ring (bicyclic) bond motifs is 1. The summed E-state index contributed by atoms with van der Waals surface area (Å²) in [6, 6.07) is 0. The third kappa shape index (κ3) is 4.09. The van der Waals surface area contributed by atoms with Crippen LogP contribution in [0, 0.1) is 0 Å². The van der Waals surface area contributed by atoms with Crippen LogP contribution >= 0.6 is 7.60 Å². The molecule has 0 amide bonds. The number of nitrogen functional groups attached to an aromatic ring is 1. The van der Waals surface area contributed by atoms with E-state index in [-0.39, 0.29) is 30.1 Å². The maximum atomic E-state index is 13.4. The summed E-state index contributed by atoms with van der Waals surface area (Å²) in [7, 11) is -4.78. The number of alkyl halides is 2. The van der Waals surface area contributed by atoms with Crippen LogP contribution in [0.2, 0.25) is 0 Å². The molecule has 0 aliphatic carbocycles. The van der Waals surface area contributed by atoms with Gasteiger partial charge in [-0.1, -0.05) is 0 Å². The zero-order chi connectivity index (χ0) is 16.5. The van der Waals surface area contributed by atoms with Gasteiger partial charge < -0.3 is 20.1 Å². The van der Waals surface area contributed by atoms with Crippen LogP contribution in [0.15, 0.2) is 11.1 Å². The molecule has 0 bridgehead atoms. The molecule has 2 heterocycles. The normalized spacial score (nSPS) is 12.9. The van der Waals surface area contributed by atoms with E-state index in [4.69, 9.17) is 15.5 Å². The van der Waals surface area contributed by atoms with Gasteiger partial charge >= 0.3 is 7.60 Å². The number of rotatable bonds is 6. The van der Waals surface area contributed by atoms with Gasteiger partial charge in [0.15, 0.2) is 11.2 Å². The lowest BCUT2D eigenvalue weighted by atomic mass is 10.2. The quantitative estimate of drug-likeness (QED) is 0.554. The number of hydrogen-bond acceptors (Lipinski definition) is 5. The summed E-state index contributed by atoms with van der Waals surface area (Å²) in [6.45, 7) is 0.0587. The highest BCUT2D eigenvalue weighted by molar-refractivity contribution is 7.51. The number of anilines is 1. The lowest BCUT2D eigenvalue weighted by Crippen LogP contribution is -2.22. The molecule has 0 spiro atoms. The van der Waals surface area contributed by atoms with Crippen molar-refractivity contribution in [3.05, 3.63) is 16.7 Å². The van der Waals surface area contributed by atoms with E-state index in [0.29, 0.717) is 0 Å². The maximum Gasteiger partial charge on any atom is 0.331 e. The molecule has 2 aromatic heterocycles. The van der Waals surface area contributed by atoms with E-state index in [9.17, 15) is 18.1 Å². The highest BCUT2D eigenvalue weighted by Crippen LogP contribution is 2.42. The second-order valence-electron chi connectivity index (χ2n) is 4.84. The number of imidazole rings is 1. The Bertz CT molecular complexity index is 783. The van der Waals surface area contributed by atoms with Crippen molar-refractivity contribution in [1.29, 1.82) is 0 Å². The molecule has 0 aliphatic rings. The van der Waals surface area contributed by atoms with Gasteiger partial charge in [-0.3, -0.25) is 14.3 Å². The Morgan fingerprint density at radius 2 is 2.14 bits per heavy atom. The lowest BCUT2D eigenvalue weighted by molar-refractivity contribution is 0.00932. The summed E-state index contributed by atoms with van der Waals surface area (Å²) in [4.78, 5) is 38.7. The third-order valence-electron chi connectivity index (χ3n) is 2.87. The smallest absolute Gasteiger partial charge is 0.331 e. The largest absolute Gasteiger partial charge is 0.369 e. The Hall–Kier alpha value is -1.84. The number of aromatic amines is 1. The fourth-order valence-corrected chi connectivity index (χ4v) is 2.78. The molecule has 122 valence electrons. The fraction of sp³-hybridized carbons (Fsp3) is 0.500. The van der Waals surface area contributed by atoms with Gasteiger partial charge in [-0.05, 0) is 6.42 Å². The first-order valence-electron chi connectivity index (χ1n) is 6.20. The molecule has 9 nitrogen and oxygen atoms in total. The molecule has 0 aliphatic heterocycles. The van der Waals surface area contributed by atoms with Crippen LogP contribution in [0.4, 0.5) is 14.7 Å². The molecule has 2 aromatic rings. The van der Waals surface area contributed by atoms with Gasteiger partial charge in [-0.2, -0.15) is 4.98 Å². The van der Waals surface area contributed by atoms with Crippen LogP contribution in [0.5, 0.6) is 0 Å². The van der Waals surface area contributed by atoms with Crippen molar-refractivity contribution in [3.8, 4) is 0 Å². The first kappa shape index (κ1) is 16.5. The summed E-state index contributed by atoms with van der Waals surface area (Å²) in [6.07, 6.45) is -1.01. The minimum absolute atomic E-state index is 0.0381. The van der Waals surface area contributed by atoms with E-state index in [1.807, 2.05) is 0 Å². The number of aryl methyl sites for hydroxylation is 1. The van der Waals surface area contributed by atoms with Crippen molar-refractivity contribution < 1.29 is 23.1 Å². The molecular formula is C10H14F2N5O4P. The molecule has 0 aromatic carbocycles. The topological polar surface area (TPSA) is 147 Å².